The summed E-state index contributed by atoms with van der Waals surface area (Å²) < 4.78 is 5.66. The van der Waals surface area contributed by atoms with Crippen LogP contribution in [0.15, 0.2) is 59.8 Å². The number of allylic oxidation sites excluding steroid dienone is 5. The van der Waals surface area contributed by atoms with E-state index >= 15 is 0 Å². The highest BCUT2D eigenvalue weighted by molar-refractivity contribution is 6.05. The number of aliphatic hydroxyl groups is 1. The van der Waals surface area contributed by atoms with E-state index in [4.69, 9.17) is 4.74 Å². The summed E-state index contributed by atoms with van der Waals surface area (Å²) >= 11 is 0. The molecule has 0 bridgehead atoms. The third kappa shape index (κ3) is 4.62. The maximum absolute atomic E-state index is 12.4. The first-order valence-corrected chi connectivity index (χ1v) is 10.4. The van der Waals surface area contributed by atoms with Gasteiger partial charge in [-0.25, -0.2) is 4.79 Å². The van der Waals surface area contributed by atoms with E-state index in [2.05, 4.69) is 26.5 Å². The zero-order valence-electron chi connectivity index (χ0n) is 18.5. The number of ketones is 1. The fraction of sp³-hybridized carbons (Fsp3) is 0.480. The number of hydrogen-bond acceptors (Lipinski definition) is 5. The number of carbonyl (C=O) groups excluding carboxylic acids is 3. The van der Waals surface area contributed by atoms with Gasteiger partial charge in [0.2, 0.25) is 0 Å². The maximum Gasteiger partial charge on any atom is 0.331 e. The van der Waals surface area contributed by atoms with E-state index in [-0.39, 0.29) is 17.9 Å². The Hall–Kier alpha value is -2.53. The Kier molecular flexibility index (Phi) is 7.19. The zero-order valence-corrected chi connectivity index (χ0v) is 18.5. The summed E-state index contributed by atoms with van der Waals surface area (Å²) in [6.07, 6.45) is 11.1. The van der Waals surface area contributed by atoms with Gasteiger partial charge in [-0.3, -0.25) is 9.59 Å². The topological polar surface area (TPSA) is 80.7 Å². The van der Waals surface area contributed by atoms with E-state index in [1.165, 1.54) is 12.2 Å². The van der Waals surface area contributed by atoms with Crippen LogP contribution in [0.5, 0.6) is 0 Å². The summed E-state index contributed by atoms with van der Waals surface area (Å²) in [7, 11) is 0. The standard InChI is InChI=1S/C25H32O5/c1-7-16(2)12-17(3)8-11-23(28)30-21-10-9-20-13-22(27)25(29,18(4)14-26)15-24(20,6)19(21)5/h8-14,16,19,21,29H,4,7,15H2,1-3,5-6H3. The second-order valence-corrected chi connectivity index (χ2v) is 8.74. The van der Waals surface area contributed by atoms with Gasteiger partial charge in [-0.15, -0.1) is 0 Å². The van der Waals surface area contributed by atoms with Crippen molar-refractivity contribution in [2.75, 3.05) is 0 Å². The van der Waals surface area contributed by atoms with Crippen molar-refractivity contribution in [1.82, 2.24) is 0 Å². The molecule has 2 aliphatic rings. The molecule has 0 saturated heterocycles. The molecule has 0 amide bonds. The number of hydrogen-bond donors (Lipinski definition) is 1. The van der Waals surface area contributed by atoms with Gasteiger partial charge in [0.25, 0.3) is 0 Å². The van der Waals surface area contributed by atoms with E-state index < -0.39 is 28.9 Å². The maximum atomic E-state index is 12.4. The van der Waals surface area contributed by atoms with Crippen molar-refractivity contribution in [3.05, 3.63) is 59.8 Å². The fourth-order valence-electron chi connectivity index (χ4n) is 4.04. The summed E-state index contributed by atoms with van der Waals surface area (Å²) in [5, 5.41) is 10.9. The highest BCUT2D eigenvalue weighted by atomic mass is 16.5. The van der Waals surface area contributed by atoms with Crippen molar-refractivity contribution in [3.63, 3.8) is 0 Å². The molecular formula is C25H32O5. The van der Waals surface area contributed by atoms with Gasteiger partial charge in [0.05, 0.1) is 0 Å². The third-order valence-corrected chi connectivity index (χ3v) is 6.54. The Morgan fingerprint density at radius 1 is 1.43 bits per heavy atom. The molecule has 5 nitrogen and oxygen atoms in total. The lowest BCUT2D eigenvalue weighted by Crippen LogP contribution is -2.53. The van der Waals surface area contributed by atoms with E-state index in [1.54, 1.807) is 18.2 Å². The van der Waals surface area contributed by atoms with Crippen molar-refractivity contribution >= 4 is 18.0 Å². The first-order valence-electron chi connectivity index (χ1n) is 10.4. The predicted octanol–water partition coefficient (Wildman–Crippen LogP) is 4.04. The number of esters is 1. The molecule has 0 spiro atoms. The lowest BCUT2D eigenvalue weighted by molar-refractivity contribution is -0.147. The smallest absolute Gasteiger partial charge is 0.331 e. The Labute approximate surface area is 178 Å². The quantitative estimate of drug-likeness (QED) is 0.295. The minimum Gasteiger partial charge on any atom is -0.455 e. The highest BCUT2D eigenvalue weighted by Gasteiger charge is 2.53. The molecule has 5 atom stereocenters. The summed E-state index contributed by atoms with van der Waals surface area (Å²) in [6, 6.07) is 0. The number of aldehydes is 1. The van der Waals surface area contributed by atoms with Crippen LogP contribution in [-0.2, 0) is 19.1 Å². The van der Waals surface area contributed by atoms with Crippen molar-refractivity contribution in [3.8, 4) is 0 Å². The van der Waals surface area contributed by atoms with Crippen molar-refractivity contribution in [2.24, 2.45) is 17.3 Å². The van der Waals surface area contributed by atoms with Crippen LogP contribution in [-0.4, -0.2) is 34.9 Å². The Morgan fingerprint density at radius 2 is 2.10 bits per heavy atom. The van der Waals surface area contributed by atoms with Crippen molar-refractivity contribution in [1.29, 1.82) is 0 Å². The van der Waals surface area contributed by atoms with Crippen LogP contribution < -0.4 is 0 Å². The SMILES string of the molecule is C=C(C=O)C1(O)CC2(C)C(=CC1=O)C=CC(OC(=O)C=CC(C)=CC(C)CC)C2C. The van der Waals surface area contributed by atoms with Gasteiger partial charge in [-0.2, -0.15) is 0 Å². The number of carbonyl (C=O) groups is 3. The normalized spacial score (nSPS) is 32.4. The molecule has 0 aromatic heterocycles. The lowest BCUT2D eigenvalue weighted by Gasteiger charge is -2.48. The Bertz CT molecular complexity index is 859. The van der Waals surface area contributed by atoms with Crippen LogP contribution in [0.25, 0.3) is 0 Å². The summed E-state index contributed by atoms with van der Waals surface area (Å²) in [5.74, 6) is -0.789. The molecule has 2 rings (SSSR count). The number of rotatable bonds is 7. The molecule has 0 fully saturated rings. The zero-order chi connectivity index (χ0) is 22.7. The molecule has 0 aliphatic heterocycles. The molecule has 162 valence electrons. The average Bonchev–Trinajstić information content (AvgIpc) is 2.70. The summed E-state index contributed by atoms with van der Waals surface area (Å²) in [6.45, 7) is 13.5. The fourth-order valence-corrected chi connectivity index (χ4v) is 4.04. The summed E-state index contributed by atoms with van der Waals surface area (Å²) in [4.78, 5) is 36.0. The Morgan fingerprint density at radius 3 is 2.70 bits per heavy atom. The van der Waals surface area contributed by atoms with Crippen LogP contribution >= 0.6 is 0 Å². The predicted molar refractivity (Wildman–Crippen MR) is 117 cm³/mol. The van der Waals surface area contributed by atoms with Gasteiger partial charge in [-0.1, -0.05) is 64.5 Å². The van der Waals surface area contributed by atoms with E-state index in [1.807, 2.05) is 20.8 Å². The third-order valence-electron chi connectivity index (χ3n) is 6.54. The van der Waals surface area contributed by atoms with E-state index in [9.17, 15) is 19.5 Å². The van der Waals surface area contributed by atoms with Crippen LogP contribution in [0.2, 0.25) is 0 Å². The average molecular weight is 413 g/mol. The molecule has 30 heavy (non-hydrogen) atoms. The minimum atomic E-state index is -1.94. The van der Waals surface area contributed by atoms with E-state index in [0.29, 0.717) is 12.2 Å². The molecule has 0 radical (unpaired) electrons. The molecule has 5 heteroatoms. The van der Waals surface area contributed by atoms with Crippen LogP contribution in [0.1, 0.15) is 47.5 Å². The lowest BCUT2D eigenvalue weighted by atomic mass is 9.57. The molecule has 2 aliphatic carbocycles. The highest BCUT2D eigenvalue weighted by Crippen LogP contribution is 2.51. The molecule has 0 saturated carbocycles. The first kappa shape index (κ1) is 23.7. The minimum absolute atomic E-state index is 0.00832. The number of ether oxygens (including phenoxy) is 1. The van der Waals surface area contributed by atoms with Gasteiger partial charge < -0.3 is 9.84 Å². The molecule has 0 aromatic carbocycles. The van der Waals surface area contributed by atoms with Crippen LogP contribution in [0.3, 0.4) is 0 Å². The van der Waals surface area contributed by atoms with Crippen LogP contribution in [0.4, 0.5) is 0 Å². The summed E-state index contributed by atoms with van der Waals surface area (Å²) in [5.41, 5.74) is -1.02. The van der Waals surface area contributed by atoms with Crippen molar-refractivity contribution in [2.45, 2.75) is 59.2 Å². The monoisotopic (exact) mass is 412 g/mol. The molecule has 0 aromatic rings. The van der Waals surface area contributed by atoms with Gasteiger partial charge >= 0.3 is 5.97 Å². The van der Waals surface area contributed by atoms with Gasteiger partial charge in [-0.05, 0) is 37.0 Å². The molecule has 1 N–H and O–H groups in total. The Balaban J connectivity index is 2.21. The van der Waals surface area contributed by atoms with Crippen LogP contribution in [0, 0.1) is 17.3 Å². The number of fused-ring (bicyclic) bond motifs is 1. The second kappa shape index (κ2) is 9.09. The van der Waals surface area contributed by atoms with Gasteiger partial charge in [0.1, 0.15) is 12.4 Å². The van der Waals surface area contributed by atoms with Crippen molar-refractivity contribution < 1.29 is 24.2 Å². The van der Waals surface area contributed by atoms with Gasteiger partial charge in [0, 0.05) is 23.0 Å². The van der Waals surface area contributed by atoms with E-state index in [0.717, 1.165) is 17.6 Å². The second-order valence-electron chi connectivity index (χ2n) is 8.74. The largest absolute Gasteiger partial charge is 0.455 e. The molecular weight excluding hydrogens is 380 g/mol. The van der Waals surface area contributed by atoms with Gasteiger partial charge in [0.15, 0.2) is 11.4 Å². The molecule has 0 heterocycles. The first-order chi connectivity index (χ1) is 14.0. The molecule has 5 unspecified atom stereocenters.